The van der Waals surface area contributed by atoms with Crippen LogP contribution in [0.4, 0.5) is 13.2 Å². The molecule has 0 unspecified atom stereocenters. The predicted octanol–water partition coefficient (Wildman–Crippen LogP) is 3.00. The Labute approximate surface area is 109 Å². The second-order valence-electron chi connectivity index (χ2n) is 4.12. The van der Waals surface area contributed by atoms with E-state index in [1.165, 1.54) is 10.7 Å². The average molecular weight is 269 g/mol. The molecule has 6 heteroatoms. The lowest BCUT2D eigenvalue weighted by molar-refractivity contribution is -0.137. The number of benzene rings is 1. The van der Waals surface area contributed by atoms with E-state index >= 15 is 0 Å². The van der Waals surface area contributed by atoms with E-state index in [9.17, 15) is 13.2 Å². The van der Waals surface area contributed by atoms with Crippen LogP contribution in [0.15, 0.2) is 36.7 Å². The highest BCUT2D eigenvalue weighted by Gasteiger charge is 2.30. The molecule has 2 aromatic rings. The first-order valence-electron chi connectivity index (χ1n) is 5.92. The average Bonchev–Trinajstić information content (AvgIpc) is 2.84. The molecule has 1 aromatic carbocycles. The molecule has 0 spiro atoms. The number of aromatic nitrogens is 2. The Hall–Kier alpha value is -1.82. The normalized spacial score (nSPS) is 11.8. The summed E-state index contributed by atoms with van der Waals surface area (Å²) in [5, 5.41) is 7.20. The summed E-state index contributed by atoms with van der Waals surface area (Å²) in [6, 6.07) is 5.11. The van der Waals surface area contributed by atoms with Crippen LogP contribution < -0.4 is 5.32 Å². The number of hydrogen-bond donors (Lipinski definition) is 1. The summed E-state index contributed by atoms with van der Waals surface area (Å²) in [5.41, 5.74) is 0.658. The summed E-state index contributed by atoms with van der Waals surface area (Å²) >= 11 is 0. The van der Waals surface area contributed by atoms with Gasteiger partial charge in [-0.15, -0.1) is 0 Å². The Kier molecular flexibility index (Phi) is 3.90. The van der Waals surface area contributed by atoms with Crippen molar-refractivity contribution >= 4 is 0 Å². The van der Waals surface area contributed by atoms with Gasteiger partial charge in [0.15, 0.2) is 0 Å². The molecule has 0 aliphatic carbocycles. The summed E-state index contributed by atoms with van der Waals surface area (Å²) < 4.78 is 39.3. The fourth-order valence-corrected chi connectivity index (χ4v) is 1.69. The zero-order chi connectivity index (χ0) is 13.9. The van der Waals surface area contributed by atoms with Crippen LogP contribution in [0.1, 0.15) is 18.1 Å². The lowest BCUT2D eigenvalue weighted by atomic mass is 10.2. The maximum Gasteiger partial charge on any atom is 0.416 e. The molecule has 0 aliphatic heterocycles. The van der Waals surface area contributed by atoms with Gasteiger partial charge in [-0.05, 0) is 24.7 Å². The van der Waals surface area contributed by atoms with Crippen LogP contribution in [0.3, 0.4) is 0 Å². The minimum Gasteiger partial charge on any atom is -0.313 e. The van der Waals surface area contributed by atoms with Crippen molar-refractivity contribution in [3.05, 3.63) is 47.8 Å². The van der Waals surface area contributed by atoms with Gasteiger partial charge >= 0.3 is 6.18 Å². The van der Waals surface area contributed by atoms with Crippen LogP contribution in [0.5, 0.6) is 0 Å². The number of halogens is 3. The van der Waals surface area contributed by atoms with Crippen molar-refractivity contribution < 1.29 is 13.2 Å². The predicted molar refractivity (Wildman–Crippen MR) is 65.9 cm³/mol. The Balaban J connectivity index is 2.24. The highest BCUT2D eigenvalue weighted by atomic mass is 19.4. The molecule has 1 N–H and O–H groups in total. The van der Waals surface area contributed by atoms with Gasteiger partial charge in [0, 0.05) is 18.3 Å². The zero-order valence-corrected chi connectivity index (χ0v) is 10.4. The third-order valence-electron chi connectivity index (χ3n) is 2.65. The lowest BCUT2D eigenvalue weighted by Crippen LogP contribution is -2.11. The van der Waals surface area contributed by atoms with E-state index in [0.717, 1.165) is 24.2 Å². The molecule has 0 radical (unpaired) electrons. The number of hydrogen-bond acceptors (Lipinski definition) is 2. The molecule has 0 aliphatic rings. The standard InChI is InChI=1S/C13H14F3N3/c1-2-17-7-10-8-18-19(9-10)12-5-3-4-11(6-12)13(14,15)16/h3-6,8-9,17H,2,7H2,1H3. The third-order valence-corrected chi connectivity index (χ3v) is 2.65. The van der Waals surface area contributed by atoms with Gasteiger partial charge in [0.05, 0.1) is 17.4 Å². The number of nitrogens with zero attached hydrogens (tertiary/aromatic N) is 2. The summed E-state index contributed by atoms with van der Waals surface area (Å²) in [6.45, 7) is 3.46. The van der Waals surface area contributed by atoms with Crippen molar-refractivity contribution in [3.8, 4) is 5.69 Å². The van der Waals surface area contributed by atoms with Gasteiger partial charge < -0.3 is 5.32 Å². The minimum absolute atomic E-state index is 0.401. The molecule has 1 aromatic heterocycles. The largest absolute Gasteiger partial charge is 0.416 e. The van der Waals surface area contributed by atoms with Gasteiger partial charge in [-0.1, -0.05) is 13.0 Å². The van der Waals surface area contributed by atoms with Gasteiger partial charge in [0.2, 0.25) is 0 Å². The Morgan fingerprint density at radius 1 is 1.32 bits per heavy atom. The van der Waals surface area contributed by atoms with Crippen LogP contribution in [-0.4, -0.2) is 16.3 Å². The van der Waals surface area contributed by atoms with Gasteiger partial charge in [-0.3, -0.25) is 0 Å². The first-order valence-corrected chi connectivity index (χ1v) is 5.92. The van der Waals surface area contributed by atoms with Crippen molar-refractivity contribution in [2.75, 3.05) is 6.54 Å². The highest BCUT2D eigenvalue weighted by Crippen LogP contribution is 2.30. The van der Waals surface area contributed by atoms with Gasteiger partial charge in [-0.2, -0.15) is 18.3 Å². The summed E-state index contributed by atoms with van der Waals surface area (Å²) in [5.74, 6) is 0. The molecule has 19 heavy (non-hydrogen) atoms. The van der Waals surface area contributed by atoms with E-state index in [0.29, 0.717) is 12.2 Å². The van der Waals surface area contributed by atoms with Crippen molar-refractivity contribution in [3.63, 3.8) is 0 Å². The van der Waals surface area contributed by atoms with Crippen LogP contribution in [0, 0.1) is 0 Å². The SMILES string of the molecule is CCNCc1cnn(-c2cccc(C(F)(F)F)c2)c1. The monoisotopic (exact) mass is 269 g/mol. The Bertz CT molecular complexity index is 546. The smallest absolute Gasteiger partial charge is 0.313 e. The van der Waals surface area contributed by atoms with E-state index in [1.807, 2.05) is 6.92 Å². The second kappa shape index (κ2) is 5.44. The van der Waals surface area contributed by atoms with E-state index in [1.54, 1.807) is 18.5 Å². The third kappa shape index (κ3) is 3.35. The molecule has 0 atom stereocenters. The molecular formula is C13H14F3N3. The van der Waals surface area contributed by atoms with Crippen LogP contribution in [0.2, 0.25) is 0 Å². The summed E-state index contributed by atoms with van der Waals surface area (Å²) in [6.07, 6.45) is -0.975. The molecular weight excluding hydrogens is 255 g/mol. The van der Waals surface area contributed by atoms with Crippen LogP contribution in [0.25, 0.3) is 5.69 Å². The van der Waals surface area contributed by atoms with Crippen molar-refractivity contribution in [1.82, 2.24) is 15.1 Å². The fourth-order valence-electron chi connectivity index (χ4n) is 1.69. The Morgan fingerprint density at radius 3 is 2.79 bits per heavy atom. The van der Waals surface area contributed by atoms with Crippen molar-refractivity contribution in [2.45, 2.75) is 19.6 Å². The van der Waals surface area contributed by atoms with Gasteiger partial charge in [-0.25, -0.2) is 4.68 Å². The first kappa shape index (κ1) is 13.6. The number of rotatable bonds is 4. The Morgan fingerprint density at radius 2 is 2.11 bits per heavy atom. The fraction of sp³-hybridized carbons (Fsp3) is 0.308. The molecule has 2 rings (SSSR count). The van der Waals surface area contributed by atoms with Gasteiger partial charge in [0.25, 0.3) is 0 Å². The maximum atomic E-state index is 12.6. The van der Waals surface area contributed by atoms with Crippen LogP contribution in [-0.2, 0) is 12.7 Å². The maximum absolute atomic E-state index is 12.6. The molecule has 0 saturated heterocycles. The minimum atomic E-state index is -4.34. The molecule has 0 saturated carbocycles. The highest BCUT2D eigenvalue weighted by molar-refractivity contribution is 5.36. The number of nitrogens with one attached hydrogen (secondary N) is 1. The quantitative estimate of drug-likeness (QED) is 0.924. The summed E-state index contributed by atoms with van der Waals surface area (Å²) in [7, 11) is 0. The second-order valence-corrected chi connectivity index (χ2v) is 4.12. The number of alkyl halides is 3. The van der Waals surface area contributed by atoms with Crippen LogP contribution >= 0.6 is 0 Å². The molecule has 1 heterocycles. The topological polar surface area (TPSA) is 29.9 Å². The van der Waals surface area contributed by atoms with E-state index in [4.69, 9.17) is 0 Å². The van der Waals surface area contributed by atoms with Crippen molar-refractivity contribution in [2.24, 2.45) is 0 Å². The van der Waals surface area contributed by atoms with E-state index < -0.39 is 11.7 Å². The molecule has 0 bridgehead atoms. The zero-order valence-electron chi connectivity index (χ0n) is 10.4. The molecule has 3 nitrogen and oxygen atoms in total. The molecule has 102 valence electrons. The lowest BCUT2D eigenvalue weighted by Gasteiger charge is -2.08. The molecule has 0 amide bonds. The summed E-state index contributed by atoms with van der Waals surface area (Å²) in [4.78, 5) is 0. The molecule has 0 fully saturated rings. The van der Waals surface area contributed by atoms with E-state index in [-0.39, 0.29) is 0 Å². The first-order chi connectivity index (χ1) is 9.00. The van der Waals surface area contributed by atoms with Gasteiger partial charge in [0.1, 0.15) is 0 Å². The van der Waals surface area contributed by atoms with E-state index in [2.05, 4.69) is 10.4 Å². The van der Waals surface area contributed by atoms with Crippen molar-refractivity contribution in [1.29, 1.82) is 0 Å².